The maximum Gasteiger partial charge on any atom is 0.214 e. The summed E-state index contributed by atoms with van der Waals surface area (Å²) in [7, 11) is -3.06. The van der Waals surface area contributed by atoms with Gasteiger partial charge in [-0.2, -0.15) is 0 Å². The van der Waals surface area contributed by atoms with Crippen molar-refractivity contribution in [3.63, 3.8) is 0 Å². The average molecular weight is 345 g/mol. The topological polar surface area (TPSA) is 73.8 Å². The Morgan fingerprint density at radius 1 is 1.30 bits per heavy atom. The smallest absolute Gasteiger partial charge is 0.214 e. The summed E-state index contributed by atoms with van der Waals surface area (Å²) in [5.74, 6) is 1.08. The molecule has 0 saturated carbocycles. The van der Waals surface area contributed by atoms with Crippen molar-refractivity contribution in [3.05, 3.63) is 12.2 Å². The highest BCUT2D eigenvalue weighted by molar-refractivity contribution is 7.89. The fourth-order valence-electron chi connectivity index (χ4n) is 2.60. The lowest BCUT2D eigenvalue weighted by Gasteiger charge is -2.32. The number of sulfonamides is 1. The number of rotatable bonds is 8. The van der Waals surface area contributed by atoms with Gasteiger partial charge in [0.2, 0.25) is 10.0 Å². The summed E-state index contributed by atoms with van der Waals surface area (Å²) in [5, 5.41) is 6.68. The highest BCUT2D eigenvalue weighted by Gasteiger charge is 2.27. The largest absolute Gasteiger partial charge is 0.357 e. The summed E-state index contributed by atoms with van der Waals surface area (Å²) in [6.45, 7) is 8.72. The van der Waals surface area contributed by atoms with E-state index in [0.29, 0.717) is 19.5 Å². The van der Waals surface area contributed by atoms with Gasteiger partial charge in [0.25, 0.3) is 0 Å². The van der Waals surface area contributed by atoms with Gasteiger partial charge in [-0.05, 0) is 39.5 Å². The first-order chi connectivity index (χ1) is 11.0. The van der Waals surface area contributed by atoms with Gasteiger partial charge < -0.3 is 10.6 Å². The molecule has 0 radical (unpaired) electrons. The molecule has 0 aromatic carbocycles. The normalized spacial score (nSPS) is 18.5. The van der Waals surface area contributed by atoms with E-state index in [1.54, 1.807) is 4.31 Å². The molecule has 0 unspecified atom stereocenters. The van der Waals surface area contributed by atoms with Crippen LogP contribution in [-0.2, 0) is 10.0 Å². The molecule has 0 amide bonds. The molecule has 1 aliphatic rings. The Hall–Kier alpha value is -1.08. The van der Waals surface area contributed by atoms with Gasteiger partial charge in [-0.25, -0.2) is 12.7 Å². The second-order valence-corrected chi connectivity index (χ2v) is 7.84. The first kappa shape index (κ1) is 20.0. The summed E-state index contributed by atoms with van der Waals surface area (Å²) in [6.07, 6.45) is 7.38. The fourth-order valence-corrected chi connectivity index (χ4v) is 4.14. The van der Waals surface area contributed by atoms with Gasteiger partial charge in [0.1, 0.15) is 0 Å². The number of hydrogen-bond acceptors (Lipinski definition) is 3. The zero-order valence-electron chi connectivity index (χ0n) is 14.7. The SMILES string of the molecule is C/C=C/CCN=C(NCC)NC1CCN(S(=O)(=O)CCC)CC1. The molecule has 1 rings (SSSR count). The van der Waals surface area contributed by atoms with Crippen LogP contribution in [0.4, 0.5) is 0 Å². The Balaban J connectivity index is 2.48. The number of nitrogens with one attached hydrogen (secondary N) is 2. The van der Waals surface area contributed by atoms with Crippen LogP contribution < -0.4 is 10.6 Å². The van der Waals surface area contributed by atoms with Gasteiger partial charge in [0.05, 0.1) is 5.75 Å². The number of nitrogens with zero attached hydrogens (tertiary/aromatic N) is 2. The van der Waals surface area contributed by atoms with E-state index in [2.05, 4.69) is 21.7 Å². The molecule has 0 aromatic heterocycles. The summed E-state index contributed by atoms with van der Waals surface area (Å²) in [4.78, 5) is 4.55. The minimum absolute atomic E-state index is 0.250. The molecule has 2 N–H and O–H groups in total. The Morgan fingerprint density at radius 3 is 2.57 bits per heavy atom. The summed E-state index contributed by atoms with van der Waals surface area (Å²) in [6, 6.07) is 0.280. The van der Waals surface area contributed by atoms with Crippen molar-refractivity contribution in [1.29, 1.82) is 0 Å². The second-order valence-electron chi connectivity index (χ2n) is 5.75. The van der Waals surface area contributed by atoms with E-state index in [1.165, 1.54) is 0 Å². The van der Waals surface area contributed by atoms with Crippen LogP contribution in [0.5, 0.6) is 0 Å². The van der Waals surface area contributed by atoms with Gasteiger partial charge in [-0.3, -0.25) is 4.99 Å². The lowest BCUT2D eigenvalue weighted by molar-refractivity contribution is 0.306. The summed E-state index contributed by atoms with van der Waals surface area (Å²) >= 11 is 0. The number of guanidine groups is 1. The van der Waals surface area contributed by atoms with Crippen LogP contribution in [0.15, 0.2) is 17.1 Å². The second kappa shape index (κ2) is 10.6. The van der Waals surface area contributed by atoms with E-state index >= 15 is 0 Å². The van der Waals surface area contributed by atoms with E-state index in [9.17, 15) is 8.42 Å². The first-order valence-electron chi connectivity index (χ1n) is 8.67. The van der Waals surface area contributed by atoms with Crippen LogP contribution in [0, 0.1) is 0 Å². The van der Waals surface area contributed by atoms with Crippen molar-refractivity contribution < 1.29 is 8.42 Å². The predicted octanol–water partition coefficient (Wildman–Crippen LogP) is 1.71. The number of allylic oxidation sites excluding steroid dienone is 1. The molecule has 0 atom stereocenters. The zero-order chi connectivity index (χ0) is 17.1. The summed E-state index contributed by atoms with van der Waals surface area (Å²) in [5.41, 5.74) is 0. The highest BCUT2D eigenvalue weighted by atomic mass is 32.2. The fraction of sp³-hybridized carbons (Fsp3) is 0.812. The molecular formula is C16H32N4O2S. The molecule has 23 heavy (non-hydrogen) atoms. The monoisotopic (exact) mass is 344 g/mol. The van der Waals surface area contributed by atoms with Crippen LogP contribution in [-0.4, -0.2) is 56.7 Å². The third-order valence-corrected chi connectivity index (χ3v) is 5.87. The molecule has 134 valence electrons. The minimum Gasteiger partial charge on any atom is -0.357 e. The third-order valence-electron chi connectivity index (χ3n) is 3.80. The van der Waals surface area contributed by atoms with E-state index < -0.39 is 10.0 Å². The van der Waals surface area contributed by atoms with Crippen LogP contribution >= 0.6 is 0 Å². The van der Waals surface area contributed by atoms with Crippen LogP contribution in [0.1, 0.15) is 46.5 Å². The molecule has 1 aliphatic heterocycles. The van der Waals surface area contributed by atoms with Gasteiger partial charge >= 0.3 is 0 Å². The lowest BCUT2D eigenvalue weighted by Crippen LogP contribution is -2.50. The quantitative estimate of drug-likeness (QED) is 0.304. The van der Waals surface area contributed by atoms with Crippen molar-refractivity contribution >= 4 is 16.0 Å². The molecule has 1 fully saturated rings. The molecule has 0 aliphatic carbocycles. The maximum atomic E-state index is 12.1. The highest BCUT2D eigenvalue weighted by Crippen LogP contribution is 2.15. The Labute approximate surface area is 141 Å². The van der Waals surface area contributed by atoms with E-state index in [4.69, 9.17) is 0 Å². The van der Waals surface area contributed by atoms with Crippen LogP contribution in [0.25, 0.3) is 0 Å². The van der Waals surface area contributed by atoms with Crippen LogP contribution in [0.2, 0.25) is 0 Å². The number of piperidine rings is 1. The van der Waals surface area contributed by atoms with Crippen LogP contribution in [0.3, 0.4) is 0 Å². The van der Waals surface area contributed by atoms with E-state index in [-0.39, 0.29) is 11.8 Å². The first-order valence-corrected chi connectivity index (χ1v) is 10.3. The Morgan fingerprint density at radius 2 is 2.00 bits per heavy atom. The predicted molar refractivity (Wildman–Crippen MR) is 97.2 cm³/mol. The average Bonchev–Trinajstić information content (AvgIpc) is 2.52. The molecule has 1 saturated heterocycles. The van der Waals surface area contributed by atoms with E-state index in [1.807, 2.05) is 26.8 Å². The Kier molecular flexibility index (Phi) is 9.24. The van der Waals surface area contributed by atoms with Crippen molar-refractivity contribution in [3.8, 4) is 0 Å². The summed E-state index contributed by atoms with van der Waals surface area (Å²) < 4.78 is 25.8. The molecule has 0 bridgehead atoms. The molecule has 0 aromatic rings. The number of hydrogen-bond donors (Lipinski definition) is 2. The third kappa shape index (κ3) is 7.35. The van der Waals surface area contributed by atoms with Gasteiger partial charge in [0.15, 0.2) is 5.96 Å². The van der Waals surface area contributed by atoms with Gasteiger partial charge in [-0.1, -0.05) is 19.1 Å². The Bertz CT molecular complexity index is 480. The molecular weight excluding hydrogens is 312 g/mol. The zero-order valence-corrected chi connectivity index (χ0v) is 15.5. The molecule has 1 heterocycles. The van der Waals surface area contributed by atoms with Gasteiger partial charge in [-0.15, -0.1) is 0 Å². The van der Waals surface area contributed by atoms with E-state index in [0.717, 1.165) is 38.3 Å². The van der Waals surface area contributed by atoms with Gasteiger partial charge in [0, 0.05) is 32.2 Å². The standard InChI is InChI=1S/C16H32N4O2S/c1-4-7-8-11-18-16(17-6-3)19-15-9-12-20(13-10-15)23(21,22)14-5-2/h4,7,15H,5-6,8-14H2,1-3H3,(H2,17,18,19)/b7-4+. The van der Waals surface area contributed by atoms with Crippen molar-refractivity contribution in [1.82, 2.24) is 14.9 Å². The molecule has 6 nitrogen and oxygen atoms in total. The van der Waals surface area contributed by atoms with Crippen molar-refractivity contribution in [2.45, 2.75) is 52.5 Å². The van der Waals surface area contributed by atoms with Crippen molar-refractivity contribution in [2.75, 3.05) is 31.9 Å². The maximum absolute atomic E-state index is 12.1. The van der Waals surface area contributed by atoms with Crippen molar-refractivity contribution in [2.24, 2.45) is 4.99 Å². The lowest BCUT2D eigenvalue weighted by atomic mass is 10.1. The molecule has 7 heteroatoms. The number of aliphatic imine (C=N–C) groups is 1. The minimum atomic E-state index is -3.06. The molecule has 0 spiro atoms.